The monoisotopic (exact) mass is 294 g/mol. The fourth-order valence-electron chi connectivity index (χ4n) is 4.38. The number of hydrogen-bond acceptors (Lipinski definition) is 3. The zero-order valence-electron chi connectivity index (χ0n) is 14.3. The SMILES string of the molecule is CCC1(CC)CN(CC2CCCCO2)C(C)(C2CC2)CN1. The molecule has 0 aromatic carbocycles. The highest BCUT2D eigenvalue weighted by Crippen LogP contribution is 2.45. The molecule has 2 unspecified atom stereocenters. The zero-order chi connectivity index (χ0) is 14.9. The summed E-state index contributed by atoms with van der Waals surface area (Å²) < 4.78 is 6.05. The van der Waals surface area contributed by atoms with Gasteiger partial charge in [-0.3, -0.25) is 4.90 Å². The molecule has 2 atom stereocenters. The van der Waals surface area contributed by atoms with E-state index in [9.17, 15) is 0 Å². The molecule has 3 rings (SSSR count). The summed E-state index contributed by atoms with van der Waals surface area (Å²) in [4.78, 5) is 2.81. The Bertz CT molecular complexity index is 345. The van der Waals surface area contributed by atoms with Crippen molar-refractivity contribution in [2.75, 3.05) is 26.2 Å². The third-order valence-electron chi connectivity index (χ3n) is 6.55. The van der Waals surface area contributed by atoms with E-state index in [4.69, 9.17) is 4.74 Å². The second-order valence-corrected chi connectivity index (χ2v) is 7.84. The molecule has 3 heteroatoms. The third kappa shape index (κ3) is 3.16. The van der Waals surface area contributed by atoms with Crippen LogP contribution in [0.25, 0.3) is 0 Å². The van der Waals surface area contributed by atoms with E-state index in [1.807, 2.05) is 0 Å². The van der Waals surface area contributed by atoms with Crippen LogP contribution in [0.2, 0.25) is 0 Å². The van der Waals surface area contributed by atoms with E-state index in [2.05, 4.69) is 31.0 Å². The number of hydrogen-bond donors (Lipinski definition) is 1. The van der Waals surface area contributed by atoms with Crippen LogP contribution in [0.5, 0.6) is 0 Å². The van der Waals surface area contributed by atoms with Gasteiger partial charge in [0.15, 0.2) is 0 Å². The van der Waals surface area contributed by atoms with E-state index in [-0.39, 0.29) is 0 Å². The molecule has 0 bridgehead atoms. The van der Waals surface area contributed by atoms with Gasteiger partial charge >= 0.3 is 0 Å². The van der Waals surface area contributed by atoms with Crippen molar-refractivity contribution in [3.63, 3.8) is 0 Å². The van der Waals surface area contributed by atoms with Crippen molar-refractivity contribution in [2.24, 2.45) is 5.92 Å². The lowest BCUT2D eigenvalue weighted by Crippen LogP contribution is -2.70. The molecule has 2 saturated heterocycles. The average molecular weight is 294 g/mol. The first-order valence-corrected chi connectivity index (χ1v) is 9.23. The summed E-state index contributed by atoms with van der Waals surface area (Å²) >= 11 is 0. The molecule has 1 N–H and O–H groups in total. The van der Waals surface area contributed by atoms with Gasteiger partial charge in [-0.05, 0) is 57.8 Å². The molecule has 1 saturated carbocycles. The Hall–Kier alpha value is -0.120. The lowest BCUT2D eigenvalue weighted by Gasteiger charge is -2.54. The van der Waals surface area contributed by atoms with Crippen LogP contribution in [-0.2, 0) is 4.74 Å². The largest absolute Gasteiger partial charge is 0.377 e. The van der Waals surface area contributed by atoms with Gasteiger partial charge in [-0.2, -0.15) is 0 Å². The first-order valence-electron chi connectivity index (χ1n) is 9.23. The molecule has 122 valence electrons. The summed E-state index contributed by atoms with van der Waals surface area (Å²) in [5.74, 6) is 0.903. The van der Waals surface area contributed by atoms with Crippen molar-refractivity contribution < 1.29 is 4.74 Å². The van der Waals surface area contributed by atoms with Crippen molar-refractivity contribution in [1.82, 2.24) is 10.2 Å². The normalized spacial score (nSPS) is 37.6. The summed E-state index contributed by atoms with van der Waals surface area (Å²) in [6.45, 7) is 11.7. The van der Waals surface area contributed by atoms with Crippen LogP contribution in [0.1, 0.15) is 65.7 Å². The van der Waals surface area contributed by atoms with Crippen LogP contribution in [0.3, 0.4) is 0 Å². The lowest BCUT2D eigenvalue weighted by atomic mass is 9.81. The predicted octanol–water partition coefficient (Wildman–Crippen LogP) is 3.19. The van der Waals surface area contributed by atoms with Crippen LogP contribution in [0.4, 0.5) is 0 Å². The summed E-state index contributed by atoms with van der Waals surface area (Å²) in [6, 6.07) is 0. The molecule has 0 amide bonds. The van der Waals surface area contributed by atoms with Crippen LogP contribution in [0, 0.1) is 5.92 Å². The van der Waals surface area contributed by atoms with Crippen molar-refractivity contribution in [3.8, 4) is 0 Å². The minimum atomic E-state index is 0.322. The van der Waals surface area contributed by atoms with Gasteiger partial charge in [0.1, 0.15) is 0 Å². The zero-order valence-corrected chi connectivity index (χ0v) is 14.3. The first kappa shape index (κ1) is 15.8. The number of ether oxygens (including phenoxy) is 1. The molecular weight excluding hydrogens is 260 g/mol. The highest BCUT2D eigenvalue weighted by Gasteiger charge is 2.51. The number of nitrogens with zero attached hydrogens (tertiary/aromatic N) is 1. The van der Waals surface area contributed by atoms with Crippen molar-refractivity contribution in [3.05, 3.63) is 0 Å². The minimum Gasteiger partial charge on any atom is -0.377 e. The molecule has 0 spiro atoms. The molecule has 2 aliphatic heterocycles. The maximum absolute atomic E-state index is 6.05. The maximum Gasteiger partial charge on any atom is 0.0702 e. The highest BCUT2D eigenvalue weighted by molar-refractivity contribution is 5.09. The smallest absolute Gasteiger partial charge is 0.0702 e. The predicted molar refractivity (Wildman–Crippen MR) is 87.6 cm³/mol. The molecule has 0 radical (unpaired) electrons. The van der Waals surface area contributed by atoms with Crippen molar-refractivity contribution in [1.29, 1.82) is 0 Å². The van der Waals surface area contributed by atoms with E-state index in [1.54, 1.807) is 0 Å². The Kier molecular flexibility index (Phi) is 4.63. The highest BCUT2D eigenvalue weighted by atomic mass is 16.5. The Balaban J connectivity index is 1.72. The van der Waals surface area contributed by atoms with E-state index in [1.165, 1.54) is 51.5 Å². The van der Waals surface area contributed by atoms with Gasteiger partial charge in [-0.15, -0.1) is 0 Å². The fourth-order valence-corrected chi connectivity index (χ4v) is 4.38. The van der Waals surface area contributed by atoms with E-state index in [0.717, 1.165) is 25.6 Å². The van der Waals surface area contributed by atoms with Gasteiger partial charge < -0.3 is 10.1 Å². The lowest BCUT2D eigenvalue weighted by molar-refractivity contribution is -0.0619. The van der Waals surface area contributed by atoms with Crippen molar-refractivity contribution >= 4 is 0 Å². The maximum atomic E-state index is 6.05. The van der Waals surface area contributed by atoms with E-state index >= 15 is 0 Å². The van der Waals surface area contributed by atoms with Gasteiger partial charge in [0.2, 0.25) is 0 Å². The Morgan fingerprint density at radius 2 is 1.90 bits per heavy atom. The molecule has 3 nitrogen and oxygen atoms in total. The summed E-state index contributed by atoms with van der Waals surface area (Å²) in [5, 5.41) is 3.93. The Morgan fingerprint density at radius 3 is 2.48 bits per heavy atom. The topological polar surface area (TPSA) is 24.5 Å². The first-order chi connectivity index (χ1) is 10.1. The molecule has 1 aliphatic carbocycles. The number of piperazine rings is 1. The summed E-state index contributed by atoms with van der Waals surface area (Å²) in [6.07, 6.45) is 9.64. The molecule has 3 aliphatic rings. The standard InChI is InChI=1S/C18H34N2O/c1-4-18(5-2)14-20(12-16-8-6-7-11-21-16)17(3,13-19-18)15-9-10-15/h15-16,19H,4-14H2,1-3H3. The van der Waals surface area contributed by atoms with E-state index in [0.29, 0.717) is 17.2 Å². The Morgan fingerprint density at radius 1 is 1.14 bits per heavy atom. The van der Waals surface area contributed by atoms with Crippen LogP contribution in [-0.4, -0.2) is 48.3 Å². The fraction of sp³-hybridized carbons (Fsp3) is 1.00. The number of nitrogens with one attached hydrogen (secondary N) is 1. The number of rotatable bonds is 5. The Labute approximate surface area is 130 Å². The van der Waals surface area contributed by atoms with Gasteiger partial charge in [0, 0.05) is 37.3 Å². The van der Waals surface area contributed by atoms with E-state index < -0.39 is 0 Å². The van der Waals surface area contributed by atoms with Gasteiger partial charge in [-0.1, -0.05) is 13.8 Å². The third-order valence-corrected chi connectivity index (χ3v) is 6.55. The average Bonchev–Trinajstić information content (AvgIpc) is 3.36. The van der Waals surface area contributed by atoms with Crippen LogP contribution in [0.15, 0.2) is 0 Å². The summed E-state index contributed by atoms with van der Waals surface area (Å²) in [7, 11) is 0. The second-order valence-electron chi connectivity index (χ2n) is 7.84. The second kappa shape index (κ2) is 6.17. The minimum absolute atomic E-state index is 0.322. The quantitative estimate of drug-likeness (QED) is 0.843. The molecule has 3 fully saturated rings. The van der Waals surface area contributed by atoms with Gasteiger partial charge in [0.05, 0.1) is 6.10 Å². The molecule has 21 heavy (non-hydrogen) atoms. The van der Waals surface area contributed by atoms with Crippen LogP contribution < -0.4 is 5.32 Å². The summed E-state index contributed by atoms with van der Waals surface area (Å²) in [5.41, 5.74) is 0.678. The molecule has 2 heterocycles. The molecular formula is C18H34N2O. The van der Waals surface area contributed by atoms with Gasteiger partial charge in [0.25, 0.3) is 0 Å². The van der Waals surface area contributed by atoms with Crippen LogP contribution >= 0.6 is 0 Å². The van der Waals surface area contributed by atoms with Gasteiger partial charge in [-0.25, -0.2) is 0 Å². The molecule has 0 aromatic rings. The molecule has 0 aromatic heterocycles. The van der Waals surface area contributed by atoms with Crippen molar-refractivity contribution in [2.45, 2.75) is 82.9 Å².